The summed E-state index contributed by atoms with van der Waals surface area (Å²) in [4.78, 5) is 17.3. The Morgan fingerprint density at radius 3 is 2.65 bits per heavy atom. The van der Waals surface area contributed by atoms with Crippen molar-refractivity contribution < 1.29 is 4.92 Å². The minimum atomic E-state index is -0.372. The molecule has 2 aromatic carbocycles. The Morgan fingerprint density at radius 1 is 1.12 bits per heavy atom. The summed E-state index contributed by atoms with van der Waals surface area (Å²) in [6.07, 6.45) is 5.70. The normalized spacial score (nSPS) is 14.0. The number of nitro groups is 1. The highest BCUT2D eigenvalue weighted by atomic mass is 16.6. The lowest BCUT2D eigenvalue weighted by atomic mass is 10.1. The highest BCUT2D eigenvalue weighted by Crippen LogP contribution is 2.33. The zero-order valence-electron chi connectivity index (χ0n) is 14.6. The van der Waals surface area contributed by atoms with Crippen molar-refractivity contribution in [2.45, 2.75) is 19.8 Å². The molecule has 0 atom stereocenters. The van der Waals surface area contributed by atoms with Crippen molar-refractivity contribution in [2.75, 3.05) is 23.3 Å². The molecular weight excluding hydrogens is 328 g/mol. The SMILES string of the molecule is Cc1cc(Nc2ccc([N+](=O)[O-])c3cnccc23)ccc1N1CCCC1. The number of benzene rings is 2. The number of nitrogens with one attached hydrogen (secondary N) is 1. The third-order valence-electron chi connectivity index (χ3n) is 4.91. The molecule has 1 aromatic heterocycles. The fourth-order valence-electron chi connectivity index (χ4n) is 3.65. The first-order chi connectivity index (χ1) is 12.6. The average molecular weight is 348 g/mol. The van der Waals surface area contributed by atoms with Gasteiger partial charge in [-0.2, -0.15) is 0 Å². The molecule has 132 valence electrons. The predicted octanol–water partition coefficient (Wildman–Crippen LogP) is 4.80. The third kappa shape index (κ3) is 2.94. The summed E-state index contributed by atoms with van der Waals surface area (Å²) in [6.45, 7) is 4.36. The van der Waals surface area contributed by atoms with Crippen LogP contribution in [-0.2, 0) is 0 Å². The van der Waals surface area contributed by atoms with Crippen LogP contribution in [0.25, 0.3) is 10.8 Å². The van der Waals surface area contributed by atoms with Crippen molar-refractivity contribution in [1.29, 1.82) is 0 Å². The van der Waals surface area contributed by atoms with Crippen LogP contribution in [0.5, 0.6) is 0 Å². The molecular formula is C20H20N4O2. The number of fused-ring (bicyclic) bond motifs is 1. The van der Waals surface area contributed by atoms with Gasteiger partial charge in [0.15, 0.2) is 0 Å². The average Bonchev–Trinajstić information content (AvgIpc) is 3.16. The molecule has 0 radical (unpaired) electrons. The van der Waals surface area contributed by atoms with Crippen LogP contribution in [0.15, 0.2) is 48.8 Å². The molecule has 2 heterocycles. The van der Waals surface area contributed by atoms with E-state index in [0.717, 1.165) is 29.9 Å². The highest BCUT2D eigenvalue weighted by Gasteiger charge is 2.16. The minimum Gasteiger partial charge on any atom is -0.371 e. The number of nitro benzene ring substituents is 1. The van der Waals surface area contributed by atoms with Crippen LogP contribution >= 0.6 is 0 Å². The zero-order chi connectivity index (χ0) is 18.1. The Bertz CT molecular complexity index is 981. The molecule has 0 saturated carbocycles. The van der Waals surface area contributed by atoms with Gasteiger partial charge in [0.1, 0.15) is 0 Å². The van der Waals surface area contributed by atoms with Crippen LogP contribution in [0.2, 0.25) is 0 Å². The van der Waals surface area contributed by atoms with Gasteiger partial charge in [-0.05, 0) is 55.7 Å². The fraction of sp³-hybridized carbons (Fsp3) is 0.250. The molecule has 1 N–H and O–H groups in total. The first kappa shape index (κ1) is 16.3. The van der Waals surface area contributed by atoms with Crippen LogP contribution < -0.4 is 10.2 Å². The van der Waals surface area contributed by atoms with Gasteiger partial charge in [-0.25, -0.2) is 0 Å². The second-order valence-corrected chi connectivity index (χ2v) is 6.63. The summed E-state index contributed by atoms with van der Waals surface area (Å²) in [6, 6.07) is 11.4. The van der Waals surface area contributed by atoms with E-state index in [4.69, 9.17) is 0 Å². The number of non-ortho nitro benzene ring substituents is 1. The van der Waals surface area contributed by atoms with Crippen molar-refractivity contribution >= 4 is 33.5 Å². The fourth-order valence-corrected chi connectivity index (χ4v) is 3.65. The van der Waals surface area contributed by atoms with Crippen molar-refractivity contribution in [2.24, 2.45) is 0 Å². The van der Waals surface area contributed by atoms with E-state index in [1.54, 1.807) is 24.5 Å². The van der Waals surface area contributed by atoms with E-state index in [2.05, 4.69) is 40.3 Å². The number of aryl methyl sites for hydroxylation is 1. The number of nitrogens with zero attached hydrogens (tertiary/aromatic N) is 3. The van der Waals surface area contributed by atoms with E-state index in [1.165, 1.54) is 30.2 Å². The quantitative estimate of drug-likeness (QED) is 0.542. The van der Waals surface area contributed by atoms with Crippen LogP contribution in [0.4, 0.5) is 22.7 Å². The Kier molecular flexibility index (Phi) is 4.16. The molecule has 0 bridgehead atoms. The van der Waals surface area contributed by atoms with Gasteiger partial charge in [0.2, 0.25) is 0 Å². The number of aromatic nitrogens is 1. The van der Waals surface area contributed by atoms with E-state index in [1.807, 2.05) is 0 Å². The number of hydrogen-bond acceptors (Lipinski definition) is 5. The molecule has 26 heavy (non-hydrogen) atoms. The van der Waals surface area contributed by atoms with E-state index in [-0.39, 0.29) is 10.6 Å². The van der Waals surface area contributed by atoms with E-state index in [9.17, 15) is 10.1 Å². The summed E-state index contributed by atoms with van der Waals surface area (Å²) in [5.41, 5.74) is 4.38. The van der Waals surface area contributed by atoms with Crippen molar-refractivity contribution in [1.82, 2.24) is 4.98 Å². The lowest BCUT2D eigenvalue weighted by Gasteiger charge is -2.21. The summed E-state index contributed by atoms with van der Waals surface area (Å²) in [5.74, 6) is 0. The number of hydrogen-bond donors (Lipinski definition) is 1. The van der Waals surface area contributed by atoms with Gasteiger partial charge in [-0.1, -0.05) is 0 Å². The molecule has 0 spiro atoms. The van der Waals surface area contributed by atoms with E-state index >= 15 is 0 Å². The molecule has 3 aromatic rings. The Morgan fingerprint density at radius 2 is 1.92 bits per heavy atom. The zero-order valence-corrected chi connectivity index (χ0v) is 14.6. The lowest BCUT2D eigenvalue weighted by molar-refractivity contribution is -0.383. The number of rotatable bonds is 4. The Labute approximate surface area is 151 Å². The van der Waals surface area contributed by atoms with Crippen molar-refractivity contribution in [3.63, 3.8) is 0 Å². The van der Waals surface area contributed by atoms with Gasteiger partial charge < -0.3 is 10.2 Å². The first-order valence-electron chi connectivity index (χ1n) is 8.77. The highest BCUT2D eigenvalue weighted by molar-refractivity contribution is 6.00. The summed E-state index contributed by atoms with van der Waals surface area (Å²) in [5, 5.41) is 16.0. The van der Waals surface area contributed by atoms with Crippen LogP contribution in [0, 0.1) is 17.0 Å². The second-order valence-electron chi connectivity index (χ2n) is 6.63. The number of pyridine rings is 1. The molecule has 1 fully saturated rings. The van der Waals surface area contributed by atoms with Gasteiger partial charge >= 0.3 is 0 Å². The van der Waals surface area contributed by atoms with E-state index in [0.29, 0.717) is 5.39 Å². The molecule has 6 nitrogen and oxygen atoms in total. The molecule has 0 amide bonds. The summed E-state index contributed by atoms with van der Waals surface area (Å²) < 4.78 is 0. The van der Waals surface area contributed by atoms with Gasteiger partial charge in [0.25, 0.3) is 5.69 Å². The van der Waals surface area contributed by atoms with Gasteiger partial charge in [0.05, 0.1) is 10.3 Å². The van der Waals surface area contributed by atoms with Crippen LogP contribution in [0.3, 0.4) is 0 Å². The maximum Gasteiger partial charge on any atom is 0.278 e. The van der Waals surface area contributed by atoms with Gasteiger partial charge in [-0.15, -0.1) is 0 Å². The maximum atomic E-state index is 11.2. The molecule has 4 rings (SSSR count). The molecule has 0 aliphatic carbocycles. The molecule has 1 saturated heterocycles. The Hall–Kier alpha value is -3.15. The molecule has 6 heteroatoms. The van der Waals surface area contributed by atoms with Crippen molar-refractivity contribution in [3.8, 4) is 0 Å². The molecule has 1 aliphatic rings. The largest absolute Gasteiger partial charge is 0.371 e. The predicted molar refractivity (Wildman–Crippen MR) is 104 cm³/mol. The first-order valence-corrected chi connectivity index (χ1v) is 8.77. The van der Waals surface area contributed by atoms with Gasteiger partial charge in [-0.3, -0.25) is 15.1 Å². The summed E-state index contributed by atoms with van der Waals surface area (Å²) in [7, 11) is 0. The van der Waals surface area contributed by atoms with E-state index < -0.39 is 0 Å². The van der Waals surface area contributed by atoms with Crippen LogP contribution in [-0.4, -0.2) is 23.0 Å². The third-order valence-corrected chi connectivity index (χ3v) is 4.91. The monoisotopic (exact) mass is 348 g/mol. The standard InChI is InChI=1S/C20H20N4O2/c1-14-12-15(4-6-19(14)23-10-2-3-11-23)22-18-5-7-20(24(25)26)17-13-21-9-8-16(17)18/h4-9,12-13,22H,2-3,10-11H2,1H3. The lowest BCUT2D eigenvalue weighted by Crippen LogP contribution is -2.18. The van der Waals surface area contributed by atoms with Gasteiger partial charge in [0, 0.05) is 54.0 Å². The molecule has 1 aliphatic heterocycles. The van der Waals surface area contributed by atoms with Crippen molar-refractivity contribution in [3.05, 3.63) is 64.5 Å². The minimum absolute atomic E-state index is 0.0687. The smallest absolute Gasteiger partial charge is 0.278 e. The Balaban J connectivity index is 1.68. The van der Waals surface area contributed by atoms with Crippen LogP contribution in [0.1, 0.15) is 18.4 Å². The molecule has 0 unspecified atom stereocenters. The second kappa shape index (κ2) is 6.63. The maximum absolute atomic E-state index is 11.2. The summed E-state index contributed by atoms with van der Waals surface area (Å²) >= 11 is 0. The topological polar surface area (TPSA) is 71.3 Å². The number of anilines is 3.